The van der Waals surface area contributed by atoms with Crippen LogP contribution in [0, 0.1) is 5.41 Å². The fourth-order valence-electron chi connectivity index (χ4n) is 2.40. The molecule has 0 aromatic carbocycles. The van der Waals surface area contributed by atoms with Crippen molar-refractivity contribution in [2.75, 3.05) is 0 Å². The Kier molecular flexibility index (Phi) is 3.89. The molecule has 1 amide bonds. The number of rotatable bonds is 4. The second kappa shape index (κ2) is 5.28. The molecule has 19 heavy (non-hydrogen) atoms. The average molecular weight is 282 g/mol. The first kappa shape index (κ1) is 14.0. The van der Waals surface area contributed by atoms with Crippen LogP contribution in [0.3, 0.4) is 0 Å². The molecule has 0 saturated heterocycles. The number of hydrogen-bond donors (Lipinski definition) is 2. The highest BCUT2D eigenvalue weighted by molar-refractivity contribution is 7.09. The molecule has 0 spiro atoms. The third-order valence-electron chi connectivity index (χ3n) is 3.71. The first-order chi connectivity index (χ1) is 8.92. The van der Waals surface area contributed by atoms with Crippen LogP contribution in [0.5, 0.6) is 0 Å². The largest absolute Gasteiger partial charge is 0.476 e. The first-order valence-corrected chi connectivity index (χ1v) is 7.30. The number of aromatic carboxylic acids is 1. The van der Waals surface area contributed by atoms with Crippen LogP contribution < -0.4 is 5.32 Å². The van der Waals surface area contributed by atoms with Crippen LogP contribution in [0.2, 0.25) is 0 Å². The molecule has 0 radical (unpaired) electrons. The zero-order valence-corrected chi connectivity index (χ0v) is 11.9. The third kappa shape index (κ3) is 2.94. The van der Waals surface area contributed by atoms with Crippen LogP contribution in [0.15, 0.2) is 5.38 Å². The van der Waals surface area contributed by atoms with E-state index in [2.05, 4.69) is 10.3 Å². The van der Waals surface area contributed by atoms with E-state index in [0.717, 1.165) is 25.7 Å². The van der Waals surface area contributed by atoms with E-state index in [1.165, 1.54) is 16.7 Å². The number of carboxylic acids is 1. The van der Waals surface area contributed by atoms with Gasteiger partial charge in [-0.25, -0.2) is 9.78 Å². The Bertz CT molecular complexity index is 492. The van der Waals surface area contributed by atoms with Crippen molar-refractivity contribution in [1.29, 1.82) is 0 Å². The summed E-state index contributed by atoms with van der Waals surface area (Å²) >= 11 is 1.26. The van der Waals surface area contributed by atoms with Gasteiger partial charge < -0.3 is 10.4 Å². The van der Waals surface area contributed by atoms with E-state index in [-0.39, 0.29) is 23.1 Å². The van der Waals surface area contributed by atoms with Crippen molar-refractivity contribution in [2.45, 2.75) is 45.6 Å². The van der Waals surface area contributed by atoms with Crippen LogP contribution >= 0.6 is 11.3 Å². The van der Waals surface area contributed by atoms with Gasteiger partial charge in [-0.2, -0.15) is 0 Å². The standard InChI is InChI=1S/C13H18N2O3S/c1-8(10-15-9(7-19-10)11(16)17)14-12(18)13(2)5-3-4-6-13/h7-8H,3-6H2,1-2H3,(H,14,18)(H,16,17). The summed E-state index contributed by atoms with van der Waals surface area (Å²) in [5.41, 5.74) is -0.241. The minimum absolute atomic E-state index is 0.0353. The van der Waals surface area contributed by atoms with Crippen LogP contribution in [0.1, 0.15) is 61.1 Å². The minimum atomic E-state index is -1.04. The number of amides is 1. The van der Waals surface area contributed by atoms with E-state index in [9.17, 15) is 9.59 Å². The molecule has 0 bridgehead atoms. The van der Waals surface area contributed by atoms with Crippen molar-refractivity contribution in [1.82, 2.24) is 10.3 Å². The van der Waals surface area contributed by atoms with Gasteiger partial charge in [0.25, 0.3) is 0 Å². The molecule has 1 aliphatic rings. The predicted molar refractivity (Wildman–Crippen MR) is 72.2 cm³/mol. The molecule has 0 aliphatic heterocycles. The van der Waals surface area contributed by atoms with Crippen LogP contribution in [-0.2, 0) is 4.79 Å². The molecular formula is C13H18N2O3S. The number of nitrogens with one attached hydrogen (secondary N) is 1. The number of thiazole rings is 1. The van der Waals surface area contributed by atoms with Crippen LogP contribution in [0.4, 0.5) is 0 Å². The van der Waals surface area contributed by atoms with Gasteiger partial charge in [-0.1, -0.05) is 19.8 Å². The van der Waals surface area contributed by atoms with E-state index in [4.69, 9.17) is 5.11 Å². The van der Waals surface area contributed by atoms with Gasteiger partial charge in [0.15, 0.2) is 5.69 Å². The number of carbonyl (C=O) groups excluding carboxylic acids is 1. The van der Waals surface area contributed by atoms with E-state index < -0.39 is 5.97 Å². The second-order valence-electron chi connectivity index (χ2n) is 5.34. The topological polar surface area (TPSA) is 79.3 Å². The highest BCUT2D eigenvalue weighted by Gasteiger charge is 2.36. The van der Waals surface area contributed by atoms with E-state index >= 15 is 0 Å². The summed E-state index contributed by atoms with van der Waals surface area (Å²) < 4.78 is 0. The Morgan fingerprint density at radius 1 is 1.47 bits per heavy atom. The quantitative estimate of drug-likeness (QED) is 0.889. The lowest BCUT2D eigenvalue weighted by atomic mass is 9.87. The van der Waals surface area contributed by atoms with Crippen molar-refractivity contribution >= 4 is 23.2 Å². The molecule has 1 aliphatic carbocycles. The van der Waals surface area contributed by atoms with Crippen LogP contribution in [0.25, 0.3) is 0 Å². The highest BCUT2D eigenvalue weighted by atomic mass is 32.1. The molecule has 2 rings (SSSR count). The third-order valence-corrected chi connectivity index (χ3v) is 4.74. The molecule has 1 saturated carbocycles. The first-order valence-electron chi connectivity index (χ1n) is 6.42. The maximum atomic E-state index is 12.2. The van der Waals surface area contributed by atoms with Gasteiger partial charge in [-0.3, -0.25) is 4.79 Å². The molecule has 1 atom stereocenters. The summed E-state index contributed by atoms with van der Waals surface area (Å²) in [6.45, 7) is 3.83. The summed E-state index contributed by atoms with van der Waals surface area (Å²) in [6, 6.07) is -0.247. The summed E-state index contributed by atoms with van der Waals surface area (Å²) in [5, 5.41) is 13.9. The molecule has 5 nitrogen and oxygen atoms in total. The monoisotopic (exact) mass is 282 g/mol. The van der Waals surface area contributed by atoms with Crippen molar-refractivity contribution in [2.24, 2.45) is 5.41 Å². The zero-order valence-electron chi connectivity index (χ0n) is 11.1. The van der Waals surface area contributed by atoms with Gasteiger partial charge in [0.2, 0.25) is 5.91 Å². The second-order valence-corrected chi connectivity index (χ2v) is 6.23. The molecule has 1 aromatic heterocycles. The van der Waals surface area contributed by atoms with Crippen molar-refractivity contribution in [3.8, 4) is 0 Å². The molecule has 1 heterocycles. The summed E-state index contributed by atoms with van der Waals surface area (Å²) in [6.07, 6.45) is 4.03. The lowest BCUT2D eigenvalue weighted by molar-refractivity contribution is -0.130. The van der Waals surface area contributed by atoms with Gasteiger partial charge in [0, 0.05) is 10.8 Å². The van der Waals surface area contributed by atoms with Crippen molar-refractivity contribution in [3.05, 3.63) is 16.1 Å². The number of aromatic nitrogens is 1. The summed E-state index contributed by atoms with van der Waals surface area (Å²) in [7, 11) is 0. The van der Waals surface area contributed by atoms with Gasteiger partial charge in [0.05, 0.1) is 6.04 Å². The van der Waals surface area contributed by atoms with Gasteiger partial charge in [-0.15, -0.1) is 11.3 Å². The fraction of sp³-hybridized carbons (Fsp3) is 0.615. The number of carbonyl (C=O) groups is 2. The number of carboxylic acid groups (broad SMARTS) is 1. The zero-order chi connectivity index (χ0) is 14.0. The number of hydrogen-bond acceptors (Lipinski definition) is 4. The molecule has 104 valence electrons. The summed E-state index contributed by atoms with van der Waals surface area (Å²) in [4.78, 5) is 27.0. The maximum Gasteiger partial charge on any atom is 0.355 e. The average Bonchev–Trinajstić information content (AvgIpc) is 2.97. The lowest BCUT2D eigenvalue weighted by Gasteiger charge is -2.24. The van der Waals surface area contributed by atoms with Gasteiger partial charge >= 0.3 is 5.97 Å². The SMILES string of the molecule is CC(NC(=O)C1(C)CCCC1)c1nc(C(=O)O)cs1. The molecule has 1 fully saturated rings. The van der Waals surface area contributed by atoms with Gasteiger partial charge in [0.1, 0.15) is 5.01 Å². The molecule has 1 unspecified atom stereocenters. The Labute approximate surface area is 116 Å². The number of nitrogens with zero attached hydrogens (tertiary/aromatic N) is 1. The van der Waals surface area contributed by atoms with E-state index in [1.54, 1.807) is 0 Å². The van der Waals surface area contributed by atoms with E-state index in [1.807, 2.05) is 13.8 Å². The fourth-order valence-corrected chi connectivity index (χ4v) is 3.20. The Morgan fingerprint density at radius 2 is 2.11 bits per heavy atom. The smallest absolute Gasteiger partial charge is 0.355 e. The lowest BCUT2D eigenvalue weighted by Crippen LogP contribution is -2.38. The maximum absolute atomic E-state index is 12.2. The highest BCUT2D eigenvalue weighted by Crippen LogP contribution is 2.38. The Morgan fingerprint density at radius 3 is 2.63 bits per heavy atom. The molecular weight excluding hydrogens is 264 g/mol. The van der Waals surface area contributed by atoms with Crippen molar-refractivity contribution < 1.29 is 14.7 Å². The van der Waals surface area contributed by atoms with Gasteiger partial charge in [-0.05, 0) is 19.8 Å². The Balaban J connectivity index is 2.01. The Hall–Kier alpha value is -1.43. The molecule has 2 N–H and O–H groups in total. The predicted octanol–water partition coefficient (Wildman–Crippen LogP) is 2.60. The molecule has 6 heteroatoms. The van der Waals surface area contributed by atoms with Crippen molar-refractivity contribution in [3.63, 3.8) is 0 Å². The molecule has 1 aromatic rings. The van der Waals surface area contributed by atoms with E-state index in [0.29, 0.717) is 5.01 Å². The normalized spacial score (nSPS) is 19.1. The minimum Gasteiger partial charge on any atom is -0.476 e. The van der Waals surface area contributed by atoms with Crippen LogP contribution in [-0.4, -0.2) is 22.0 Å². The summed E-state index contributed by atoms with van der Waals surface area (Å²) in [5.74, 6) is -0.992.